The highest BCUT2D eigenvalue weighted by Crippen LogP contribution is 2.33. The first-order valence-electron chi connectivity index (χ1n) is 10.4. The zero-order valence-corrected chi connectivity index (χ0v) is 20.0. The molecule has 0 aromatic heterocycles. The SMILES string of the molecule is COCc1cccc(NC(=O)CN(c2cc(C)ccc2OC)S(=O)(=O)c2ccc(C)cc2)c1. The van der Waals surface area contributed by atoms with Crippen LogP contribution in [-0.2, 0) is 26.2 Å². The van der Waals surface area contributed by atoms with Gasteiger partial charge in [0.15, 0.2) is 0 Å². The minimum atomic E-state index is -4.05. The molecule has 0 saturated heterocycles. The molecule has 0 bridgehead atoms. The van der Waals surface area contributed by atoms with Gasteiger partial charge in [-0.25, -0.2) is 8.42 Å². The van der Waals surface area contributed by atoms with Gasteiger partial charge in [-0.3, -0.25) is 9.10 Å². The van der Waals surface area contributed by atoms with Gasteiger partial charge in [-0.05, 0) is 61.4 Å². The van der Waals surface area contributed by atoms with E-state index in [0.717, 1.165) is 21.0 Å². The van der Waals surface area contributed by atoms with Gasteiger partial charge in [-0.2, -0.15) is 0 Å². The number of benzene rings is 3. The average molecular weight is 469 g/mol. The van der Waals surface area contributed by atoms with Crippen molar-refractivity contribution in [3.8, 4) is 5.75 Å². The van der Waals surface area contributed by atoms with Crippen LogP contribution in [0.1, 0.15) is 16.7 Å². The quantitative estimate of drug-likeness (QED) is 0.506. The fourth-order valence-electron chi connectivity index (χ4n) is 3.37. The van der Waals surface area contributed by atoms with Gasteiger partial charge in [0.25, 0.3) is 10.0 Å². The van der Waals surface area contributed by atoms with Gasteiger partial charge in [-0.15, -0.1) is 0 Å². The molecule has 0 aliphatic carbocycles. The Bertz CT molecular complexity index is 1220. The van der Waals surface area contributed by atoms with Crippen molar-refractivity contribution in [1.82, 2.24) is 0 Å². The second-order valence-electron chi connectivity index (χ2n) is 7.68. The summed E-state index contributed by atoms with van der Waals surface area (Å²) in [5.74, 6) is -0.130. The Labute approximate surface area is 195 Å². The van der Waals surface area contributed by atoms with Gasteiger partial charge in [-0.1, -0.05) is 35.9 Å². The number of hydrogen-bond donors (Lipinski definition) is 1. The Hall–Kier alpha value is -3.36. The third-order valence-electron chi connectivity index (χ3n) is 5.02. The smallest absolute Gasteiger partial charge is 0.264 e. The first-order valence-corrected chi connectivity index (χ1v) is 11.8. The van der Waals surface area contributed by atoms with Crippen LogP contribution in [0.2, 0.25) is 0 Å². The second kappa shape index (κ2) is 10.5. The summed E-state index contributed by atoms with van der Waals surface area (Å²) in [6, 6.07) is 18.9. The Morgan fingerprint density at radius 1 is 0.939 bits per heavy atom. The number of ether oxygens (including phenoxy) is 2. The van der Waals surface area contributed by atoms with E-state index in [9.17, 15) is 13.2 Å². The van der Waals surface area contributed by atoms with Crippen LogP contribution in [-0.4, -0.2) is 35.1 Å². The Morgan fingerprint density at radius 2 is 1.64 bits per heavy atom. The van der Waals surface area contributed by atoms with Gasteiger partial charge in [0.2, 0.25) is 5.91 Å². The van der Waals surface area contributed by atoms with Gasteiger partial charge in [0.1, 0.15) is 12.3 Å². The lowest BCUT2D eigenvalue weighted by atomic mass is 10.2. The van der Waals surface area contributed by atoms with Gasteiger partial charge in [0.05, 0.1) is 24.3 Å². The van der Waals surface area contributed by atoms with E-state index in [1.165, 1.54) is 19.2 Å². The summed E-state index contributed by atoms with van der Waals surface area (Å²) in [5, 5.41) is 2.78. The molecule has 0 unspecified atom stereocenters. The predicted molar refractivity (Wildman–Crippen MR) is 129 cm³/mol. The molecule has 0 radical (unpaired) electrons. The van der Waals surface area contributed by atoms with Crippen LogP contribution in [0.3, 0.4) is 0 Å². The van der Waals surface area contributed by atoms with E-state index in [1.807, 2.05) is 26.0 Å². The third kappa shape index (κ3) is 5.91. The number of nitrogens with zero attached hydrogens (tertiary/aromatic N) is 1. The number of hydrogen-bond acceptors (Lipinski definition) is 5. The van der Waals surface area contributed by atoms with Crippen molar-refractivity contribution >= 4 is 27.3 Å². The lowest BCUT2D eigenvalue weighted by molar-refractivity contribution is -0.114. The number of anilines is 2. The molecular formula is C25H28N2O5S. The molecule has 1 N–H and O–H groups in total. The zero-order valence-electron chi connectivity index (χ0n) is 19.2. The number of carbonyl (C=O) groups is 1. The average Bonchev–Trinajstić information content (AvgIpc) is 2.78. The number of rotatable bonds is 9. The highest BCUT2D eigenvalue weighted by atomic mass is 32.2. The maximum Gasteiger partial charge on any atom is 0.264 e. The van der Waals surface area contributed by atoms with Crippen molar-refractivity contribution in [1.29, 1.82) is 0 Å². The van der Waals surface area contributed by atoms with Crippen molar-refractivity contribution in [3.05, 3.63) is 83.4 Å². The topological polar surface area (TPSA) is 84.9 Å². The van der Waals surface area contributed by atoms with Crippen LogP contribution in [0.4, 0.5) is 11.4 Å². The fourth-order valence-corrected chi connectivity index (χ4v) is 4.79. The maximum absolute atomic E-state index is 13.6. The van der Waals surface area contributed by atoms with Crippen molar-refractivity contribution in [2.75, 3.05) is 30.4 Å². The molecule has 8 heteroatoms. The third-order valence-corrected chi connectivity index (χ3v) is 6.79. The molecular weight excluding hydrogens is 440 g/mol. The molecule has 0 heterocycles. The van der Waals surface area contributed by atoms with Crippen LogP contribution < -0.4 is 14.4 Å². The number of amides is 1. The van der Waals surface area contributed by atoms with E-state index in [1.54, 1.807) is 49.6 Å². The normalized spacial score (nSPS) is 11.2. The largest absolute Gasteiger partial charge is 0.495 e. The van der Waals surface area contributed by atoms with E-state index >= 15 is 0 Å². The number of aryl methyl sites for hydroxylation is 2. The molecule has 3 aromatic rings. The molecule has 3 rings (SSSR count). The van der Waals surface area contributed by atoms with Crippen molar-refractivity contribution in [2.24, 2.45) is 0 Å². The summed E-state index contributed by atoms with van der Waals surface area (Å²) in [5.41, 5.74) is 3.50. The molecule has 0 spiro atoms. The number of carbonyl (C=O) groups excluding carboxylic acids is 1. The molecule has 33 heavy (non-hydrogen) atoms. The first kappa shape index (κ1) is 24.3. The zero-order chi connectivity index (χ0) is 24.0. The van der Waals surface area contributed by atoms with Crippen molar-refractivity contribution < 1.29 is 22.7 Å². The molecule has 7 nitrogen and oxygen atoms in total. The summed E-state index contributed by atoms with van der Waals surface area (Å²) in [7, 11) is -0.996. The number of sulfonamides is 1. The molecule has 0 atom stereocenters. The molecule has 3 aromatic carbocycles. The summed E-state index contributed by atoms with van der Waals surface area (Å²) in [6.45, 7) is 3.70. The fraction of sp³-hybridized carbons (Fsp3) is 0.240. The van der Waals surface area contributed by atoms with Crippen LogP contribution in [0, 0.1) is 13.8 Å². The number of methoxy groups -OCH3 is 2. The number of nitrogens with one attached hydrogen (secondary N) is 1. The van der Waals surface area contributed by atoms with Crippen LogP contribution >= 0.6 is 0 Å². The summed E-state index contributed by atoms with van der Waals surface area (Å²) in [4.78, 5) is 13.1. The highest BCUT2D eigenvalue weighted by molar-refractivity contribution is 7.92. The van der Waals surface area contributed by atoms with Crippen LogP contribution in [0.5, 0.6) is 5.75 Å². The lowest BCUT2D eigenvalue weighted by Crippen LogP contribution is -2.38. The first-order chi connectivity index (χ1) is 15.7. The van der Waals surface area contributed by atoms with E-state index in [-0.39, 0.29) is 4.90 Å². The van der Waals surface area contributed by atoms with Gasteiger partial charge >= 0.3 is 0 Å². The van der Waals surface area contributed by atoms with E-state index in [4.69, 9.17) is 9.47 Å². The molecule has 0 aliphatic heterocycles. The minimum Gasteiger partial charge on any atom is -0.495 e. The standard InChI is InChI=1S/C25H28N2O5S/c1-18-8-11-22(12-9-18)33(29,30)27(23-14-19(2)10-13-24(23)32-4)16-25(28)26-21-7-5-6-20(15-21)17-31-3/h5-15H,16-17H2,1-4H3,(H,26,28). The summed E-state index contributed by atoms with van der Waals surface area (Å²) < 4.78 is 38.9. The maximum atomic E-state index is 13.6. The predicted octanol–water partition coefficient (Wildman–Crippen LogP) is 4.29. The Balaban J connectivity index is 1.99. The minimum absolute atomic E-state index is 0.0894. The Morgan fingerprint density at radius 3 is 2.30 bits per heavy atom. The molecule has 0 saturated carbocycles. The monoisotopic (exact) mass is 468 g/mol. The van der Waals surface area contributed by atoms with Crippen LogP contribution in [0.25, 0.3) is 0 Å². The molecule has 0 fully saturated rings. The van der Waals surface area contributed by atoms with Gasteiger partial charge < -0.3 is 14.8 Å². The highest BCUT2D eigenvalue weighted by Gasteiger charge is 2.29. The van der Waals surface area contributed by atoms with Gasteiger partial charge in [0, 0.05) is 12.8 Å². The summed E-state index contributed by atoms with van der Waals surface area (Å²) in [6.07, 6.45) is 0. The second-order valence-corrected chi connectivity index (χ2v) is 9.54. The van der Waals surface area contributed by atoms with Crippen molar-refractivity contribution in [2.45, 2.75) is 25.3 Å². The molecule has 0 aliphatic rings. The van der Waals surface area contributed by atoms with E-state index in [2.05, 4.69) is 5.32 Å². The lowest BCUT2D eigenvalue weighted by Gasteiger charge is -2.26. The molecule has 174 valence electrons. The summed E-state index contributed by atoms with van der Waals surface area (Å²) >= 11 is 0. The van der Waals surface area contributed by atoms with E-state index < -0.39 is 22.5 Å². The van der Waals surface area contributed by atoms with E-state index in [0.29, 0.717) is 23.7 Å². The van der Waals surface area contributed by atoms with Crippen LogP contribution in [0.15, 0.2) is 71.6 Å². The van der Waals surface area contributed by atoms with Crippen molar-refractivity contribution in [3.63, 3.8) is 0 Å². The molecule has 1 amide bonds. The Kier molecular flexibility index (Phi) is 7.73.